The molecule has 1 atom stereocenters. The Balaban J connectivity index is 2.29. The van der Waals surface area contributed by atoms with E-state index in [1.807, 2.05) is 6.07 Å². The lowest BCUT2D eigenvalue weighted by Gasteiger charge is -2.14. The van der Waals surface area contributed by atoms with Crippen molar-refractivity contribution in [3.8, 4) is 17.2 Å². The summed E-state index contributed by atoms with van der Waals surface area (Å²) in [6.45, 7) is 1.66. The van der Waals surface area contributed by atoms with Crippen molar-refractivity contribution in [3.63, 3.8) is 0 Å². The van der Waals surface area contributed by atoms with Crippen molar-refractivity contribution < 1.29 is 19.7 Å². The molecule has 0 bridgehead atoms. The highest BCUT2D eigenvalue weighted by Crippen LogP contribution is 2.36. The van der Waals surface area contributed by atoms with Crippen LogP contribution in [0.4, 0.5) is 0 Å². The number of ether oxygens (including phenoxy) is 2. The summed E-state index contributed by atoms with van der Waals surface area (Å²) in [5.74, 6) is 1.72. The first-order valence-electron chi connectivity index (χ1n) is 6.48. The largest absolute Gasteiger partial charge is 0.493 e. The van der Waals surface area contributed by atoms with Crippen molar-refractivity contribution in [1.29, 1.82) is 0 Å². The molecule has 0 aliphatic heterocycles. The van der Waals surface area contributed by atoms with Gasteiger partial charge in [-0.15, -0.1) is 0 Å². The van der Waals surface area contributed by atoms with E-state index >= 15 is 0 Å². The molecule has 0 spiro atoms. The Morgan fingerprint density at radius 1 is 1.10 bits per heavy atom. The minimum atomic E-state index is -0.534. The van der Waals surface area contributed by atoms with E-state index in [1.165, 1.54) is 0 Å². The van der Waals surface area contributed by atoms with Crippen LogP contribution in [0, 0.1) is 0 Å². The first-order valence-corrected chi connectivity index (χ1v) is 7.27. The van der Waals surface area contributed by atoms with Crippen molar-refractivity contribution in [3.05, 3.63) is 52.0 Å². The second-order valence-corrected chi connectivity index (χ2v) is 5.47. The van der Waals surface area contributed by atoms with E-state index in [-0.39, 0.29) is 6.61 Å². The van der Waals surface area contributed by atoms with Gasteiger partial charge in [-0.2, -0.15) is 0 Å². The zero-order valence-corrected chi connectivity index (χ0v) is 13.4. The van der Waals surface area contributed by atoms with Gasteiger partial charge in [0.05, 0.1) is 24.3 Å². The zero-order chi connectivity index (χ0) is 15.4. The molecule has 0 saturated heterocycles. The third-order valence-electron chi connectivity index (χ3n) is 3.07. The summed E-state index contributed by atoms with van der Waals surface area (Å²) in [6.07, 6.45) is -0.534. The quantitative estimate of drug-likeness (QED) is 0.859. The molecule has 0 saturated carbocycles. The van der Waals surface area contributed by atoms with E-state index in [0.29, 0.717) is 17.2 Å². The molecule has 0 amide bonds. The lowest BCUT2D eigenvalue weighted by molar-refractivity contribution is 0.199. The number of aliphatic hydroxyl groups excluding tert-OH is 2. The number of hydrogen-bond donors (Lipinski definition) is 2. The summed E-state index contributed by atoms with van der Waals surface area (Å²) in [4.78, 5) is 0. The maximum absolute atomic E-state index is 9.56. The van der Waals surface area contributed by atoms with Crippen molar-refractivity contribution in [1.82, 2.24) is 0 Å². The molecule has 21 heavy (non-hydrogen) atoms. The predicted molar refractivity (Wildman–Crippen MR) is 83.8 cm³/mol. The second kappa shape index (κ2) is 6.93. The van der Waals surface area contributed by atoms with Gasteiger partial charge in [0.15, 0.2) is 11.5 Å². The van der Waals surface area contributed by atoms with Gasteiger partial charge >= 0.3 is 0 Å². The lowest BCUT2D eigenvalue weighted by atomic mass is 10.1. The minimum absolute atomic E-state index is 0.0522. The highest BCUT2D eigenvalue weighted by molar-refractivity contribution is 9.10. The van der Waals surface area contributed by atoms with Crippen LogP contribution >= 0.6 is 15.9 Å². The molecular formula is C16H17BrO4. The van der Waals surface area contributed by atoms with E-state index in [0.717, 1.165) is 15.6 Å². The number of benzene rings is 2. The van der Waals surface area contributed by atoms with Crippen LogP contribution in [0.5, 0.6) is 17.2 Å². The summed E-state index contributed by atoms with van der Waals surface area (Å²) in [5, 5.41) is 18.7. The Morgan fingerprint density at radius 3 is 2.38 bits per heavy atom. The summed E-state index contributed by atoms with van der Waals surface area (Å²) < 4.78 is 11.8. The Morgan fingerprint density at radius 2 is 1.81 bits per heavy atom. The van der Waals surface area contributed by atoms with Crippen molar-refractivity contribution in [2.45, 2.75) is 19.6 Å². The molecule has 112 valence electrons. The van der Waals surface area contributed by atoms with Crippen LogP contribution in [0.15, 0.2) is 40.9 Å². The molecule has 0 aliphatic carbocycles. The summed E-state index contributed by atoms with van der Waals surface area (Å²) >= 11 is 3.43. The molecule has 5 heteroatoms. The molecule has 0 aromatic heterocycles. The summed E-state index contributed by atoms with van der Waals surface area (Å²) in [6, 6.07) is 10.7. The van der Waals surface area contributed by atoms with Gasteiger partial charge in [-0.3, -0.25) is 0 Å². The molecule has 4 nitrogen and oxygen atoms in total. The number of methoxy groups -OCH3 is 1. The maximum atomic E-state index is 9.56. The second-order valence-electron chi connectivity index (χ2n) is 4.61. The van der Waals surface area contributed by atoms with E-state index < -0.39 is 6.10 Å². The molecule has 0 radical (unpaired) electrons. The van der Waals surface area contributed by atoms with Crippen molar-refractivity contribution >= 4 is 15.9 Å². The fourth-order valence-corrected chi connectivity index (χ4v) is 2.35. The van der Waals surface area contributed by atoms with Gasteiger partial charge in [-0.25, -0.2) is 0 Å². The number of rotatable bonds is 5. The molecule has 0 heterocycles. The monoisotopic (exact) mass is 352 g/mol. The van der Waals surface area contributed by atoms with Gasteiger partial charge in [0.25, 0.3) is 0 Å². The van der Waals surface area contributed by atoms with E-state index in [2.05, 4.69) is 15.9 Å². The Kier molecular flexibility index (Phi) is 5.22. The van der Waals surface area contributed by atoms with Crippen LogP contribution in [0.25, 0.3) is 0 Å². The normalized spacial score (nSPS) is 12.0. The van der Waals surface area contributed by atoms with Crippen molar-refractivity contribution in [2.75, 3.05) is 7.11 Å². The lowest BCUT2D eigenvalue weighted by Crippen LogP contribution is -1.95. The summed E-state index contributed by atoms with van der Waals surface area (Å²) in [7, 11) is 1.55. The van der Waals surface area contributed by atoms with Crippen LogP contribution in [-0.2, 0) is 6.61 Å². The minimum Gasteiger partial charge on any atom is -0.493 e. The van der Waals surface area contributed by atoms with Crippen LogP contribution in [0.3, 0.4) is 0 Å². The van der Waals surface area contributed by atoms with Crippen LogP contribution in [0.2, 0.25) is 0 Å². The predicted octanol–water partition coefficient (Wildman–Crippen LogP) is 3.80. The van der Waals surface area contributed by atoms with E-state index in [1.54, 1.807) is 44.4 Å². The first kappa shape index (κ1) is 15.8. The average Bonchev–Trinajstić information content (AvgIpc) is 2.49. The molecule has 2 rings (SSSR count). The molecule has 0 fully saturated rings. The van der Waals surface area contributed by atoms with Gasteiger partial charge < -0.3 is 19.7 Å². The fraction of sp³-hybridized carbons (Fsp3) is 0.250. The molecule has 2 aromatic carbocycles. The molecule has 0 unspecified atom stereocenters. The average molecular weight is 353 g/mol. The fourth-order valence-electron chi connectivity index (χ4n) is 1.87. The summed E-state index contributed by atoms with van der Waals surface area (Å²) in [5.41, 5.74) is 1.56. The Hall–Kier alpha value is -1.56. The highest BCUT2D eigenvalue weighted by Gasteiger charge is 2.11. The molecule has 2 N–H and O–H groups in total. The standard InChI is InChI=1S/C16H17BrO4/c1-10(19)12-4-6-14(13(17)8-12)21-15-5-3-11(9-18)7-16(15)20-2/h3-8,10,18-19H,9H2,1-2H3/t10-/m1/s1. The number of halogens is 1. The molecular weight excluding hydrogens is 336 g/mol. The zero-order valence-electron chi connectivity index (χ0n) is 11.8. The SMILES string of the molecule is COc1cc(CO)ccc1Oc1ccc([C@@H](C)O)cc1Br. The Labute approximate surface area is 132 Å². The van der Waals surface area contributed by atoms with Gasteiger partial charge in [0.1, 0.15) is 5.75 Å². The van der Waals surface area contributed by atoms with Gasteiger partial charge in [0, 0.05) is 0 Å². The van der Waals surface area contributed by atoms with Gasteiger partial charge in [-0.1, -0.05) is 12.1 Å². The number of hydrogen-bond acceptors (Lipinski definition) is 4. The van der Waals surface area contributed by atoms with Gasteiger partial charge in [-0.05, 0) is 58.2 Å². The highest BCUT2D eigenvalue weighted by atomic mass is 79.9. The van der Waals surface area contributed by atoms with Gasteiger partial charge in [0.2, 0.25) is 0 Å². The third-order valence-corrected chi connectivity index (χ3v) is 3.69. The van der Waals surface area contributed by atoms with Crippen LogP contribution in [0.1, 0.15) is 24.2 Å². The first-order chi connectivity index (χ1) is 10.0. The number of aliphatic hydroxyl groups is 2. The van der Waals surface area contributed by atoms with Crippen LogP contribution < -0.4 is 9.47 Å². The maximum Gasteiger partial charge on any atom is 0.169 e. The smallest absolute Gasteiger partial charge is 0.169 e. The Bertz CT molecular complexity index is 626. The molecule has 2 aromatic rings. The van der Waals surface area contributed by atoms with E-state index in [9.17, 15) is 5.11 Å². The van der Waals surface area contributed by atoms with Crippen LogP contribution in [-0.4, -0.2) is 17.3 Å². The molecule has 0 aliphatic rings. The topological polar surface area (TPSA) is 58.9 Å². The third kappa shape index (κ3) is 3.75. The van der Waals surface area contributed by atoms with E-state index in [4.69, 9.17) is 14.6 Å². The van der Waals surface area contributed by atoms with Crippen molar-refractivity contribution in [2.24, 2.45) is 0 Å².